The fourth-order valence-corrected chi connectivity index (χ4v) is 2.02. The van der Waals surface area contributed by atoms with E-state index in [1.54, 1.807) is 0 Å². The lowest BCUT2D eigenvalue weighted by Gasteiger charge is -2.11. The van der Waals surface area contributed by atoms with Crippen LogP contribution in [0, 0.1) is 10.7 Å². The molecule has 17 heavy (non-hydrogen) atoms. The largest absolute Gasteiger partial charge is 0.381 e. The Balaban J connectivity index is 2.41. The normalized spacial score (nSPS) is 11.6. The molecule has 0 aromatic carbocycles. The molecule has 3 nitrogen and oxygen atoms in total. The summed E-state index contributed by atoms with van der Waals surface area (Å²) in [5.41, 5.74) is 1.28. The van der Waals surface area contributed by atoms with Crippen molar-refractivity contribution in [3.8, 4) is 0 Å². The number of hydrogen-bond donors (Lipinski definition) is 1. The Morgan fingerprint density at radius 3 is 2.65 bits per heavy atom. The van der Waals surface area contributed by atoms with Crippen LogP contribution in [0.4, 0.5) is 0 Å². The maximum atomic E-state index is 5.58. The first-order valence-corrected chi connectivity index (χ1v) is 6.79. The van der Waals surface area contributed by atoms with E-state index in [0.29, 0.717) is 11.8 Å². The molecule has 1 N–H and O–H groups in total. The van der Waals surface area contributed by atoms with Crippen LogP contribution < -0.4 is 0 Å². The zero-order chi connectivity index (χ0) is 12.8. The highest BCUT2D eigenvalue weighted by Gasteiger charge is 2.07. The van der Waals surface area contributed by atoms with E-state index in [2.05, 4.69) is 37.2 Å². The number of nitrogens with one attached hydrogen (secondary N) is 1. The summed E-state index contributed by atoms with van der Waals surface area (Å²) in [5, 5.41) is 0. The molecule has 1 rings (SSSR count). The lowest BCUT2D eigenvalue weighted by molar-refractivity contribution is 0.105. The molecule has 0 saturated carbocycles. The molecule has 0 saturated heterocycles. The number of aromatic amines is 1. The van der Waals surface area contributed by atoms with Gasteiger partial charge in [0.1, 0.15) is 0 Å². The first kappa shape index (κ1) is 14.5. The van der Waals surface area contributed by atoms with Crippen LogP contribution >= 0.6 is 12.2 Å². The number of imidazole rings is 1. The van der Waals surface area contributed by atoms with Crippen molar-refractivity contribution in [2.75, 3.05) is 13.2 Å². The summed E-state index contributed by atoms with van der Waals surface area (Å²) < 4.78 is 8.57. The summed E-state index contributed by atoms with van der Waals surface area (Å²) in [4.78, 5) is 3.11. The average molecular weight is 256 g/mol. The Morgan fingerprint density at radius 1 is 1.35 bits per heavy atom. The van der Waals surface area contributed by atoms with Gasteiger partial charge in [0.15, 0.2) is 4.77 Å². The molecule has 0 unspecified atom stereocenters. The van der Waals surface area contributed by atoms with E-state index >= 15 is 0 Å². The van der Waals surface area contributed by atoms with Crippen LogP contribution in [0.25, 0.3) is 0 Å². The topological polar surface area (TPSA) is 29.9 Å². The van der Waals surface area contributed by atoms with Gasteiger partial charge in [-0.2, -0.15) is 0 Å². The van der Waals surface area contributed by atoms with E-state index in [1.165, 1.54) is 5.69 Å². The number of rotatable bonds is 7. The molecule has 1 heterocycles. The summed E-state index contributed by atoms with van der Waals surface area (Å²) in [6, 6.07) is 0. The zero-order valence-corrected chi connectivity index (χ0v) is 12.1. The van der Waals surface area contributed by atoms with Crippen molar-refractivity contribution >= 4 is 12.2 Å². The smallest absolute Gasteiger partial charge is 0.177 e. The minimum absolute atomic E-state index is 0.500. The molecule has 4 heteroatoms. The molecule has 0 atom stereocenters. The number of H-pyrrole nitrogens is 1. The van der Waals surface area contributed by atoms with Crippen molar-refractivity contribution < 1.29 is 4.74 Å². The van der Waals surface area contributed by atoms with Crippen LogP contribution in [-0.4, -0.2) is 22.8 Å². The molecule has 0 radical (unpaired) electrons. The van der Waals surface area contributed by atoms with Gasteiger partial charge in [0, 0.05) is 31.6 Å². The SMILES string of the molecule is CC(C)COCCCn1c(C(C)C)c[nH]c1=S. The van der Waals surface area contributed by atoms with Gasteiger partial charge in [-0.05, 0) is 30.5 Å². The van der Waals surface area contributed by atoms with Gasteiger partial charge in [-0.1, -0.05) is 27.7 Å². The fraction of sp³-hybridized carbons (Fsp3) is 0.769. The van der Waals surface area contributed by atoms with Gasteiger partial charge in [-0.25, -0.2) is 0 Å². The number of nitrogens with zero attached hydrogens (tertiary/aromatic N) is 1. The minimum Gasteiger partial charge on any atom is -0.381 e. The van der Waals surface area contributed by atoms with E-state index in [1.807, 2.05) is 6.20 Å². The van der Waals surface area contributed by atoms with Crippen LogP contribution in [0.1, 0.15) is 45.7 Å². The second-order valence-corrected chi connectivity index (χ2v) is 5.53. The maximum Gasteiger partial charge on any atom is 0.177 e. The van der Waals surface area contributed by atoms with Crippen molar-refractivity contribution in [3.05, 3.63) is 16.7 Å². The summed E-state index contributed by atoms with van der Waals surface area (Å²) >= 11 is 5.28. The standard InChI is InChI=1S/C13H24N2OS/c1-10(2)9-16-7-5-6-15-12(11(3)4)8-14-13(15)17/h8,10-11H,5-7,9H2,1-4H3,(H,14,17). The maximum absolute atomic E-state index is 5.58. The van der Waals surface area contributed by atoms with Gasteiger partial charge in [-0.15, -0.1) is 0 Å². The predicted octanol–water partition coefficient (Wildman–Crippen LogP) is 3.73. The van der Waals surface area contributed by atoms with Crippen molar-refractivity contribution in [1.29, 1.82) is 0 Å². The Morgan fingerprint density at radius 2 is 2.06 bits per heavy atom. The number of hydrogen-bond acceptors (Lipinski definition) is 2. The molecule has 0 fully saturated rings. The number of ether oxygens (including phenoxy) is 1. The Hall–Kier alpha value is -0.610. The van der Waals surface area contributed by atoms with Crippen molar-refractivity contribution in [2.45, 2.75) is 46.6 Å². The van der Waals surface area contributed by atoms with Crippen molar-refractivity contribution in [2.24, 2.45) is 5.92 Å². The lowest BCUT2D eigenvalue weighted by Crippen LogP contribution is -2.09. The monoisotopic (exact) mass is 256 g/mol. The van der Waals surface area contributed by atoms with Gasteiger partial charge in [0.2, 0.25) is 0 Å². The van der Waals surface area contributed by atoms with E-state index in [-0.39, 0.29) is 0 Å². The van der Waals surface area contributed by atoms with Crippen LogP contribution in [0.3, 0.4) is 0 Å². The first-order valence-electron chi connectivity index (χ1n) is 6.38. The van der Waals surface area contributed by atoms with E-state index < -0.39 is 0 Å². The highest BCUT2D eigenvalue weighted by Crippen LogP contribution is 2.14. The third-order valence-corrected chi connectivity index (χ3v) is 2.95. The van der Waals surface area contributed by atoms with Crippen LogP contribution in [0.15, 0.2) is 6.20 Å². The molecule has 0 amide bonds. The average Bonchev–Trinajstić information content (AvgIpc) is 2.59. The molecule has 0 aliphatic carbocycles. The van der Waals surface area contributed by atoms with Gasteiger partial charge < -0.3 is 14.3 Å². The molecule has 0 aliphatic rings. The molecular weight excluding hydrogens is 232 g/mol. The van der Waals surface area contributed by atoms with Crippen LogP contribution in [0.5, 0.6) is 0 Å². The number of aromatic nitrogens is 2. The van der Waals surface area contributed by atoms with Crippen molar-refractivity contribution in [3.63, 3.8) is 0 Å². The molecule has 0 aliphatic heterocycles. The van der Waals surface area contributed by atoms with Gasteiger partial charge in [0.25, 0.3) is 0 Å². The molecular formula is C13H24N2OS. The van der Waals surface area contributed by atoms with Crippen LogP contribution in [0.2, 0.25) is 0 Å². The molecule has 0 spiro atoms. The highest BCUT2D eigenvalue weighted by molar-refractivity contribution is 7.71. The quantitative estimate of drug-likeness (QED) is 0.595. The van der Waals surface area contributed by atoms with Crippen molar-refractivity contribution in [1.82, 2.24) is 9.55 Å². The summed E-state index contributed by atoms with van der Waals surface area (Å²) in [6.07, 6.45) is 3.03. The summed E-state index contributed by atoms with van der Waals surface area (Å²) in [7, 11) is 0. The Bertz CT molecular complexity index is 379. The molecule has 1 aromatic heterocycles. The second-order valence-electron chi connectivity index (χ2n) is 5.15. The molecule has 98 valence electrons. The Kier molecular flexibility index (Phi) is 5.92. The molecule has 0 bridgehead atoms. The Labute approximate surface area is 109 Å². The van der Waals surface area contributed by atoms with Crippen LogP contribution in [-0.2, 0) is 11.3 Å². The fourth-order valence-electron chi connectivity index (χ4n) is 1.76. The minimum atomic E-state index is 0.500. The third kappa shape index (κ3) is 4.64. The van der Waals surface area contributed by atoms with Gasteiger partial charge in [-0.3, -0.25) is 0 Å². The first-order chi connectivity index (χ1) is 8.02. The summed E-state index contributed by atoms with van der Waals surface area (Å²) in [6.45, 7) is 11.3. The van der Waals surface area contributed by atoms with Gasteiger partial charge >= 0.3 is 0 Å². The summed E-state index contributed by atoms with van der Waals surface area (Å²) in [5.74, 6) is 1.11. The highest BCUT2D eigenvalue weighted by atomic mass is 32.1. The lowest BCUT2D eigenvalue weighted by atomic mass is 10.1. The van der Waals surface area contributed by atoms with E-state index in [0.717, 1.165) is 31.0 Å². The predicted molar refractivity (Wildman–Crippen MR) is 74.0 cm³/mol. The third-order valence-electron chi connectivity index (χ3n) is 2.61. The van der Waals surface area contributed by atoms with E-state index in [9.17, 15) is 0 Å². The van der Waals surface area contributed by atoms with Gasteiger partial charge in [0.05, 0.1) is 0 Å². The molecule has 1 aromatic rings. The zero-order valence-electron chi connectivity index (χ0n) is 11.3. The van der Waals surface area contributed by atoms with E-state index in [4.69, 9.17) is 17.0 Å². The second kappa shape index (κ2) is 6.97.